The number of rotatable bonds is 4. The van der Waals surface area contributed by atoms with Crippen molar-refractivity contribution in [2.45, 2.75) is 25.9 Å². The van der Waals surface area contributed by atoms with Gasteiger partial charge >= 0.3 is 5.97 Å². The van der Waals surface area contributed by atoms with Crippen LogP contribution in [0.3, 0.4) is 0 Å². The minimum atomic E-state index is -0.983. The van der Waals surface area contributed by atoms with Crippen molar-refractivity contribution in [3.8, 4) is 0 Å². The molecule has 7 heteroatoms. The van der Waals surface area contributed by atoms with Crippen LogP contribution in [0, 0.1) is 0 Å². The molecule has 2 rings (SSSR count). The summed E-state index contributed by atoms with van der Waals surface area (Å²) < 4.78 is 0. The lowest BCUT2D eigenvalue weighted by molar-refractivity contribution is -0.119. The molecule has 1 saturated heterocycles. The van der Waals surface area contributed by atoms with Crippen LogP contribution in [0.2, 0.25) is 0 Å². The molecule has 18 heavy (non-hydrogen) atoms. The second-order valence-corrected chi connectivity index (χ2v) is 5.23. The summed E-state index contributed by atoms with van der Waals surface area (Å²) in [6, 6.07) is 0.195. The number of carbonyl (C=O) groups is 2. The monoisotopic (exact) mass is 269 g/mol. The Morgan fingerprint density at radius 1 is 1.67 bits per heavy atom. The Labute approximate surface area is 109 Å². The van der Waals surface area contributed by atoms with Crippen molar-refractivity contribution < 1.29 is 14.7 Å². The van der Waals surface area contributed by atoms with Gasteiger partial charge in [-0.25, -0.2) is 9.78 Å². The van der Waals surface area contributed by atoms with Gasteiger partial charge in [0.25, 0.3) is 0 Å². The number of aromatic nitrogens is 1. The summed E-state index contributed by atoms with van der Waals surface area (Å²) in [4.78, 5) is 27.9. The van der Waals surface area contributed by atoms with E-state index in [1.807, 2.05) is 0 Å². The van der Waals surface area contributed by atoms with E-state index < -0.39 is 5.97 Å². The second-order valence-electron chi connectivity index (χ2n) is 4.37. The van der Waals surface area contributed by atoms with E-state index >= 15 is 0 Å². The van der Waals surface area contributed by atoms with Crippen molar-refractivity contribution in [1.29, 1.82) is 0 Å². The number of carboxylic acid groups (broad SMARTS) is 1. The molecule has 1 fully saturated rings. The average molecular weight is 269 g/mol. The van der Waals surface area contributed by atoms with Crippen molar-refractivity contribution in [2.24, 2.45) is 0 Å². The number of amides is 1. The van der Waals surface area contributed by atoms with E-state index in [0.29, 0.717) is 6.54 Å². The third-order valence-corrected chi connectivity index (χ3v) is 3.68. The molecule has 6 nitrogen and oxygen atoms in total. The molecule has 1 aliphatic rings. The first-order valence-corrected chi connectivity index (χ1v) is 6.59. The second kappa shape index (κ2) is 5.45. The highest BCUT2D eigenvalue weighted by Gasteiger charge is 2.23. The van der Waals surface area contributed by atoms with Crippen molar-refractivity contribution in [2.75, 3.05) is 13.1 Å². The van der Waals surface area contributed by atoms with Gasteiger partial charge in [0.05, 0.1) is 5.69 Å². The van der Waals surface area contributed by atoms with Crippen LogP contribution in [-0.2, 0) is 11.3 Å². The number of hydrogen-bond donors (Lipinski definition) is 2. The van der Waals surface area contributed by atoms with Crippen LogP contribution in [-0.4, -0.2) is 46.0 Å². The highest BCUT2D eigenvalue weighted by Crippen LogP contribution is 2.16. The van der Waals surface area contributed by atoms with Gasteiger partial charge in [0.1, 0.15) is 0 Å². The van der Waals surface area contributed by atoms with Crippen LogP contribution in [0.15, 0.2) is 5.38 Å². The molecule has 1 aromatic rings. The maximum absolute atomic E-state index is 10.9. The lowest BCUT2D eigenvalue weighted by Gasteiger charge is -2.14. The number of aromatic carboxylic acids is 1. The number of nitrogens with one attached hydrogen (secondary N) is 1. The Balaban J connectivity index is 1.87. The van der Waals surface area contributed by atoms with E-state index in [9.17, 15) is 9.59 Å². The van der Waals surface area contributed by atoms with E-state index in [0.717, 1.165) is 36.5 Å². The molecular formula is C11H15N3O3S. The highest BCUT2D eigenvalue weighted by molar-refractivity contribution is 7.11. The molecule has 2 N–H and O–H groups in total. The summed E-state index contributed by atoms with van der Waals surface area (Å²) in [5.74, 6) is -0.993. The van der Waals surface area contributed by atoms with Gasteiger partial charge < -0.3 is 10.4 Å². The average Bonchev–Trinajstić information content (AvgIpc) is 2.88. The van der Waals surface area contributed by atoms with Crippen molar-refractivity contribution in [3.63, 3.8) is 0 Å². The molecule has 1 aliphatic heterocycles. The number of hydrogen-bond acceptors (Lipinski definition) is 5. The van der Waals surface area contributed by atoms with E-state index in [-0.39, 0.29) is 17.0 Å². The summed E-state index contributed by atoms with van der Waals surface area (Å²) in [5, 5.41) is 13.6. The lowest BCUT2D eigenvalue weighted by atomic mass is 10.2. The minimum absolute atomic E-state index is 0.0105. The molecule has 1 amide bonds. The smallest absolute Gasteiger partial charge is 0.365 e. The standard InChI is InChI=1S/C11H15N3O3S/c1-7(15)12-8-2-3-14(4-8)5-9-6-18-10(13-9)11(16)17/h6,8H,2-5H2,1H3,(H,12,15)(H,16,17). The van der Waals surface area contributed by atoms with Gasteiger partial charge in [-0.2, -0.15) is 0 Å². The predicted octanol–water partition coefficient (Wildman–Crippen LogP) is 0.552. The van der Waals surface area contributed by atoms with Crippen molar-refractivity contribution in [1.82, 2.24) is 15.2 Å². The Morgan fingerprint density at radius 2 is 2.44 bits per heavy atom. The number of likely N-dealkylation sites (tertiary alicyclic amines) is 1. The van der Waals surface area contributed by atoms with E-state index in [1.54, 1.807) is 5.38 Å². The topological polar surface area (TPSA) is 82.5 Å². The summed E-state index contributed by atoms with van der Waals surface area (Å²) in [7, 11) is 0. The maximum Gasteiger partial charge on any atom is 0.365 e. The molecule has 0 bridgehead atoms. The maximum atomic E-state index is 10.9. The van der Waals surface area contributed by atoms with E-state index in [1.165, 1.54) is 6.92 Å². The fourth-order valence-electron chi connectivity index (χ4n) is 2.09. The molecule has 0 saturated carbocycles. The van der Waals surface area contributed by atoms with Gasteiger partial charge in [0, 0.05) is 38.0 Å². The van der Waals surface area contributed by atoms with Crippen LogP contribution in [0.1, 0.15) is 28.8 Å². The zero-order chi connectivity index (χ0) is 13.1. The van der Waals surface area contributed by atoms with Crippen LogP contribution in [0.4, 0.5) is 0 Å². The third-order valence-electron chi connectivity index (χ3n) is 2.80. The summed E-state index contributed by atoms with van der Waals surface area (Å²) in [5.41, 5.74) is 0.779. The molecule has 0 radical (unpaired) electrons. The number of carbonyl (C=O) groups excluding carboxylic acids is 1. The fourth-order valence-corrected chi connectivity index (χ4v) is 2.73. The van der Waals surface area contributed by atoms with Crippen LogP contribution in [0.5, 0.6) is 0 Å². The Kier molecular flexibility index (Phi) is 3.93. The quantitative estimate of drug-likeness (QED) is 0.834. The van der Waals surface area contributed by atoms with Crippen LogP contribution in [0.25, 0.3) is 0 Å². The third kappa shape index (κ3) is 3.27. The Hall–Kier alpha value is -1.47. The molecule has 0 spiro atoms. The van der Waals surface area contributed by atoms with Crippen LogP contribution >= 0.6 is 11.3 Å². The zero-order valence-electron chi connectivity index (χ0n) is 10.0. The van der Waals surface area contributed by atoms with Gasteiger partial charge in [-0.15, -0.1) is 11.3 Å². The first-order chi connectivity index (χ1) is 8.54. The van der Waals surface area contributed by atoms with Crippen LogP contribution < -0.4 is 5.32 Å². The summed E-state index contributed by atoms with van der Waals surface area (Å²) in [6.45, 7) is 3.84. The van der Waals surface area contributed by atoms with Gasteiger partial charge in [-0.05, 0) is 6.42 Å². The van der Waals surface area contributed by atoms with E-state index in [2.05, 4.69) is 15.2 Å². The molecule has 0 aromatic carbocycles. The van der Waals surface area contributed by atoms with Gasteiger partial charge in [-0.3, -0.25) is 9.69 Å². The zero-order valence-corrected chi connectivity index (χ0v) is 10.9. The molecule has 1 atom stereocenters. The first kappa shape index (κ1) is 13.0. The van der Waals surface area contributed by atoms with Gasteiger partial charge in [-0.1, -0.05) is 0 Å². The van der Waals surface area contributed by atoms with Gasteiger partial charge in [0.2, 0.25) is 10.9 Å². The SMILES string of the molecule is CC(=O)NC1CCN(Cc2csc(C(=O)O)n2)C1. The largest absolute Gasteiger partial charge is 0.476 e. The molecule has 2 heterocycles. The Bertz CT molecular complexity index is 460. The normalized spacial score (nSPS) is 19.9. The summed E-state index contributed by atoms with van der Waals surface area (Å²) >= 11 is 1.15. The minimum Gasteiger partial charge on any atom is -0.476 e. The first-order valence-electron chi connectivity index (χ1n) is 5.71. The highest BCUT2D eigenvalue weighted by atomic mass is 32.1. The molecular weight excluding hydrogens is 254 g/mol. The molecule has 1 aromatic heterocycles. The number of nitrogens with zero attached hydrogens (tertiary/aromatic N) is 2. The molecule has 98 valence electrons. The lowest BCUT2D eigenvalue weighted by Crippen LogP contribution is -2.35. The van der Waals surface area contributed by atoms with Crippen molar-refractivity contribution in [3.05, 3.63) is 16.1 Å². The molecule has 0 aliphatic carbocycles. The summed E-state index contributed by atoms with van der Waals surface area (Å²) in [6.07, 6.45) is 0.926. The Morgan fingerprint density at radius 3 is 3.06 bits per heavy atom. The number of thiazole rings is 1. The van der Waals surface area contributed by atoms with Crippen molar-refractivity contribution >= 4 is 23.2 Å². The van der Waals surface area contributed by atoms with E-state index in [4.69, 9.17) is 5.11 Å². The number of carboxylic acids is 1. The predicted molar refractivity (Wildman–Crippen MR) is 66.6 cm³/mol. The molecule has 1 unspecified atom stereocenters. The fraction of sp³-hybridized carbons (Fsp3) is 0.545. The van der Waals surface area contributed by atoms with Gasteiger partial charge in [0.15, 0.2) is 0 Å².